The van der Waals surface area contributed by atoms with Crippen LogP contribution in [-0.2, 0) is 0 Å². The predicted molar refractivity (Wildman–Crippen MR) is 53.1 cm³/mol. The van der Waals surface area contributed by atoms with Gasteiger partial charge < -0.3 is 0 Å². The quantitative estimate of drug-likeness (QED) is 0.650. The van der Waals surface area contributed by atoms with Crippen molar-refractivity contribution in [1.82, 2.24) is 0 Å². The highest BCUT2D eigenvalue weighted by molar-refractivity contribution is 6.01. The summed E-state index contributed by atoms with van der Waals surface area (Å²) in [4.78, 5) is 11.6. The summed E-state index contributed by atoms with van der Waals surface area (Å²) in [5.74, 6) is -0.327. The van der Waals surface area contributed by atoms with Crippen molar-refractivity contribution in [3.8, 4) is 6.07 Å². The van der Waals surface area contributed by atoms with Gasteiger partial charge in [-0.1, -0.05) is 6.92 Å². The normalized spacial score (nSPS) is 19.5. The molecule has 0 N–H and O–H groups in total. The molecule has 0 spiro atoms. The van der Waals surface area contributed by atoms with E-state index in [-0.39, 0.29) is 17.3 Å². The van der Waals surface area contributed by atoms with Gasteiger partial charge in [0.2, 0.25) is 0 Å². The Bertz CT molecular complexity index is 473. The molecule has 1 atom stereocenters. The zero-order valence-corrected chi connectivity index (χ0v) is 8.38. The number of carbonyl (C=O) groups excluding carboxylic acids is 1. The van der Waals surface area contributed by atoms with E-state index in [1.165, 1.54) is 6.07 Å². The number of ketones is 1. The van der Waals surface area contributed by atoms with Crippen LogP contribution in [0.5, 0.6) is 0 Å². The fraction of sp³-hybridized carbons (Fsp3) is 0.333. The lowest BCUT2D eigenvalue weighted by Crippen LogP contribution is -2.16. The molecule has 0 aromatic heterocycles. The molecule has 0 unspecified atom stereocenters. The summed E-state index contributed by atoms with van der Waals surface area (Å²) in [6.07, 6.45) is 1.19. The molecule has 15 heavy (non-hydrogen) atoms. The van der Waals surface area contributed by atoms with E-state index in [0.717, 1.165) is 12.5 Å². The number of nitrogens with zero attached hydrogens (tertiary/aromatic N) is 1. The van der Waals surface area contributed by atoms with Gasteiger partial charge in [-0.05, 0) is 30.0 Å². The van der Waals surface area contributed by atoms with Gasteiger partial charge in [0.1, 0.15) is 5.82 Å². The molecule has 0 bridgehead atoms. The minimum absolute atomic E-state index is 0.0420. The molecule has 0 amide bonds. The molecular weight excluding hydrogens is 193 g/mol. The molecule has 0 heterocycles. The summed E-state index contributed by atoms with van der Waals surface area (Å²) in [6.45, 7) is 1.95. The fourth-order valence-corrected chi connectivity index (χ4v) is 2.04. The lowest BCUT2D eigenvalue weighted by molar-refractivity contribution is 0.0967. The summed E-state index contributed by atoms with van der Waals surface area (Å²) >= 11 is 0. The molecule has 1 aliphatic carbocycles. The van der Waals surface area contributed by atoms with Gasteiger partial charge in [-0.3, -0.25) is 4.79 Å². The fourth-order valence-electron chi connectivity index (χ4n) is 2.04. The van der Waals surface area contributed by atoms with Crippen LogP contribution in [0.1, 0.15) is 47.2 Å². The second-order valence-corrected chi connectivity index (χ2v) is 3.89. The number of halogens is 1. The molecule has 1 aromatic rings. The molecule has 1 aromatic carbocycles. The molecule has 2 nitrogen and oxygen atoms in total. The van der Waals surface area contributed by atoms with Crippen LogP contribution in [0.25, 0.3) is 0 Å². The first kappa shape index (κ1) is 9.85. The molecule has 0 saturated heterocycles. The Kier molecular flexibility index (Phi) is 2.28. The number of hydrogen-bond donors (Lipinski definition) is 0. The van der Waals surface area contributed by atoms with Crippen LogP contribution in [0.4, 0.5) is 4.39 Å². The van der Waals surface area contributed by atoms with Crippen LogP contribution >= 0.6 is 0 Å². The maximum atomic E-state index is 13.2. The van der Waals surface area contributed by atoms with Crippen molar-refractivity contribution in [3.63, 3.8) is 0 Å². The van der Waals surface area contributed by atoms with E-state index in [1.54, 1.807) is 0 Å². The third-order valence-electron chi connectivity index (χ3n) is 2.87. The van der Waals surface area contributed by atoms with Gasteiger partial charge in [-0.25, -0.2) is 4.39 Å². The Morgan fingerprint density at radius 3 is 2.93 bits per heavy atom. The van der Waals surface area contributed by atoms with Crippen molar-refractivity contribution in [2.75, 3.05) is 0 Å². The monoisotopic (exact) mass is 203 g/mol. The molecular formula is C12H10FNO. The first-order valence-electron chi connectivity index (χ1n) is 4.90. The molecule has 0 fully saturated rings. The highest BCUT2D eigenvalue weighted by Gasteiger charge is 2.26. The second-order valence-electron chi connectivity index (χ2n) is 3.89. The van der Waals surface area contributed by atoms with E-state index >= 15 is 0 Å². The Hall–Kier alpha value is -1.69. The molecule has 0 saturated carbocycles. The zero-order chi connectivity index (χ0) is 11.0. The molecule has 1 aliphatic rings. The molecule has 76 valence electrons. The average Bonchev–Trinajstić information content (AvgIpc) is 2.22. The van der Waals surface area contributed by atoms with Gasteiger partial charge in [-0.2, -0.15) is 5.26 Å². The summed E-state index contributed by atoms with van der Waals surface area (Å²) in [7, 11) is 0. The summed E-state index contributed by atoms with van der Waals surface area (Å²) in [5, 5.41) is 8.85. The van der Waals surface area contributed by atoms with Gasteiger partial charge in [0.15, 0.2) is 5.78 Å². The third-order valence-corrected chi connectivity index (χ3v) is 2.87. The van der Waals surface area contributed by atoms with E-state index in [9.17, 15) is 9.18 Å². The van der Waals surface area contributed by atoms with Gasteiger partial charge in [-0.15, -0.1) is 0 Å². The van der Waals surface area contributed by atoms with Crippen molar-refractivity contribution in [1.29, 1.82) is 5.26 Å². The van der Waals surface area contributed by atoms with Crippen LogP contribution in [0, 0.1) is 17.1 Å². The number of nitriles is 1. The van der Waals surface area contributed by atoms with Gasteiger partial charge in [0.05, 0.1) is 11.6 Å². The summed E-state index contributed by atoms with van der Waals surface area (Å²) in [5.41, 5.74) is 1.28. The summed E-state index contributed by atoms with van der Waals surface area (Å²) in [6, 6.07) is 4.39. The highest BCUT2D eigenvalue weighted by atomic mass is 19.1. The Balaban J connectivity index is 2.72. The van der Waals surface area contributed by atoms with E-state index in [0.29, 0.717) is 17.5 Å². The van der Waals surface area contributed by atoms with Crippen LogP contribution in [0.15, 0.2) is 12.1 Å². The molecule has 3 heteroatoms. The van der Waals surface area contributed by atoms with E-state index < -0.39 is 5.82 Å². The smallest absolute Gasteiger partial charge is 0.164 e. The Morgan fingerprint density at radius 2 is 2.27 bits per heavy atom. The van der Waals surface area contributed by atoms with Gasteiger partial charge in [0.25, 0.3) is 0 Å². The van der Waals surface area contributed by atoms with E-state index in [4.69, 9.17) is 5.26 Å². The van der Waals surface area contributed by atoms with Crippen LogP contribution in [0.2, 0.25) is 0 Å². The number of Topliss-reactive ketones (excluding diaryl/α,β-unsaturated/α-hetero) is 1. The van der Waals surface area contributed by atoms with Crippen LogP contribution in [0.3, 0.4) is 0 Å². The molecule has 0 aliphatic heterocycles. The average molecular weight is 203 g/mol. The van der Waals surface area contributed by atoms with Crippen molar-refractivity contribution in [2.45, 2.75) is 25.7 Å². The van der Waals surface area contributed by atoms with Gasteiger partial charge in [0, 0.05) is 12.0 Å². The first-order chi connectivity index (χ1) is 7.13. The highest BCUT2D eigenvalue weighted by Crippen LogP contribution is 2.33. The second kappa shape index (κ2) is 3.47. The minimum Gasteiger partial charge on any atom is -0.294 e. The number of carbonyl (C=O) groups is 1. The number of benzene rings is 1. The lowest BCUT2D eigenvalue weighted by Gasteiger charge is -2.21. The minimum atomic E-state index is -0.438. The SMILES string of the molecule is C[C@@H]1CCC(=O)c2c(C#N)cc(F)cc21. The Labute approximate surface area is 87.3 Å². The van der Waals surface area contributed by atoms with Crippen LogP contribution in [-0.4, -0.2) is 5.78 Å². The maximum absolute atomic E-state index is 13.2. The summed E-state index contributed by atoms with van der Waals surface area (Å²) < 4.78 is 13.2. The number of hydrogen-bond acceptors (Lipinski definition) is 2. The molecule has 0 radical (unpaired) electrons. The Morgan fingerprint density at radius 1 is 1.53 bits per heavy atom. The van der Waals surface area contributed by atoms with Crippen molar-refractivity contribution in [2.24, 2.45) is 0 Å². The molecule has 2 rings (SSSR count). The predicted octanol–water partition coefficient (Wildman–Crippen LogP) is 2.78. The standard InChI is InChI=1S/C12H10FNO/c1-7-2-3-11(15)12-8(6-14)4-9(13)5-10(7)12/h4-5,7H,2-3H2,1H3/t7-/m1/s1. The van der Waals surface area contributed by atoms with E-state index in [2.05, 4.69) is 0 Å². The largest absolute Gasteiger partial charge is 0.294 e. The number of fused-ring (bicyclic) bond motifs is 1. The lowest BCUT2D eigenvalue weighted by atomic mass is 9.81. The topological polar surface area (TPSA) is 40.9 Å². The zero-order valence-electron chi connectivity index (χ0n) is 8.38. The van der Waals surface area contributed by atoms with Crippen molar-refractivity contribution in [3.05, 3.63) is 34.6 Å². The third kappa shape index (κ3) is 1.52. The van der Waals surface area contributed by atoms with Crippen molar-refractivity contribution < 1.29 is 9.18 Å². The number of rotatable bonds is 0. The van der Waals surface area contributed by atoms with Crippen LogP contribution < -0.4 is 0 Å². The maximum Gasteiger partial charge on any atom is 0.164 e. The van der Waals surface area contributed by atoms with Crippen molar-refractivity contribution >= 4 is 5.78 Å². The van der Waals surface area contributed by atoms with E-state index in [1.807, 2.05) is 13.0 Å². The van der Waals surface area contributed by atoms with Gasteiger partial charge >= 0.3 is 0 Å². The first-order valence-corrected chi connectivity index (χ1v) is 4.90.